The Balaban J connectivity index is 2.42. The number of carbonyl (C=O) groups excluding carboxylic acids is 2. The van der Waals surface area contributed by atoms with Crippen molar-refractivity contribution in [3.05, 3.63) is 24.3 Å². The molecular weight excluding hydrogens is 264 g/mol. The summed E-state index contributed by atoms with van der Waals surface area (Å²) in [6.07, 6.45) is 0. The number of anilines is 1. The first-order valence-corrected chi connectivity index (χ1v) is 5.97. The lowest BCUT2D eigenvalue weighted by Gasteiger charge is -2.08. The van der Waals surface area contributed by atoms with E-state index in [9.17, 15) is 9.59 Å². The maximum atomic E-state index is 11.7. The fourth-order valence-corrected chi connectivity index (χ4v) is 1.96. The summed E-state index contributed by atoms with van der Waals surface area (Å²) < 4.78 is 1.41. The number of hydrogen-bond donors (Lipinski definition) is 2. The number of aromatic nitrogens is 2. The molecule has 0 saturated carbocycles. The fraction of sp³-hybridized carbons (Fsp3) is 0.167. The van der Waals surface area contributed by atoms with E-state index in [4.69, 9.17) is 12.2 Å². The lowest BCUT2D eigenvalue weighted by atomic mass is 10.3. The molecule has 98 valence electrons. The molecule has 0 aliphatic heterocycles. The van der Waals surface area contributed by atoms with Gasteiger partial charge in [0, 0.05) is 13.8 Å². The molecule has 0 saturated heterocycles. The Morgan fingerprint density at radius 2 is 1.95 bits per heavy atom. The number of benzene rings is 1. The molecule has 0 radical (unpaired) electrons. The van der Waals surface area contributed by atoms with Crippen LogP contribution in [0.15, 0.2) is 24.3 Å². The molecule has 1 aromatic heterocycles. The molecule has 7 heteroatoms. The smallest absolute Gasteiger partial charge is 0.230 e. The number of fused-ring (bicyclic) bond motifs is 1. The summed E-state index contributed by atoms with van der Waals surface area (Å²) in [6.45, 7) is 2.78. The van der Waals surface area contributed by atoms with Gasteiger partial charge in [0.1, 0.15) is 0 Å². The average Bonchev–Trinajstić information content (AvgIpc) is 2.64. The summed E-state index contributed by atoms with van der Waals surface area (Å²) in [5.41, 5.74) is 1.36. The van der Waals surface area contributed by atoms with Crippen molar-refractivity contribution in [2.24, 2.45) is 0 Å². The SMILES string of the molecule is CC(=O)NC(=S)Nc1nc2ccccc2n1C(C)=O. The molecule has 6 nitrogen and oxygen atoms in total. The highest BCUT2D eigenvalue weighted by molar-refractivity contribution is 7.80. The van der Waals surface area contributed by atoms with Crippen molar-refractivity contribution in [1.29, 1.82) is 0 Å². The van der Waals surface area contributed by atoms with E-state index in [1.165, 1.54) is 18.4 Å². The van der Waals surface area contributed by atoms with Crippen LogP contribution in [0.1, 0.15) is 18.6 Å². The van der Waals surface area contributed by atoms with E-state index < -0.39 is 0 Å². The predicted molar refractivity (Wildman–Crippen MR) is 76.1 cm³/mol. The van der Waals surface area contributed by atoms with Gasteiger partial charge in [0.15, 0.2) is 5.11 Å². The third-order valence-corrected chi connectivity index (χ3v) is 2.59. The molecule has 19 heavy (non-hydrogen) atoms. The molecule has 1 heterocycles. The van der Waals surface area contributed by atoms with Gasteiger partial charge >= 0.3 is 0 Å². The molecule has 0 aliphatic rings. The van der Waals surface area contributed by atoms with Crippen molar-refractivity contribution >= 4 is 46.1 Å². The van der Waals surface area contributed by atoms with Gasteiger partial charge in [-0.05, 0) is 24.4 Å². The molecule has 2 aromatic rings. The molecule has 0 bridgehead atoms. The van der Waals surface area contributed by atoms with Crippen molar-refractivity contribution in [3.8, 4) is 0 Å². The molecule has 2 N–H and O–H groups in total. The Hall–Kier alpha value is -2.28. The van der Waals surface area contributed by atoms with E-state index in [1.807, 2.05) is 12.1 Å². The normalized spacial score (nSPS) is 10.2. The Morgan fingerprint density at radius 3 is 2.58 bits per heavy atom. The van der Waals surface area contributed by atoms with Gasteiger partial charge in [0.05, 0.1) is 11.0 Å². The first-order chi connectivity index (χ1) is 8.99. The molecule has 0 spiro atoms. The molecule has 2 rings (SSSR count). The number of nitrogens with one attached hydrogen (secondary N) is 2. The highest BCUT2D eigenvalue weighted by Crippen LogP contribution is 2.19. The maximum absolute atomic E-state index is 11.7. The zero-order valence-electron chi connectivity index (χ0n) is 10.4. The largest absolute Gasteiger partial charge is 0.303 e. The minimum absolute atomic E-state index is 0.102. The van der Waals surface area contributed by atoms with Gasteiger partial charge in [-0.25, -0.2) is 9.55 Å². The van der Waals surface area contributed by atoms with Crippen LogP contribution in [-0.4, -0.2) is 26.5 Å². The van der Waals surface area contributed by atoms with Crippen molar-refractivity contribution < 1.29 is 9.59 Å². The number of rotatable bonds is 1. The Morgan fingerprint density at radius 1 is 1.26 bits per heavy atom. The van der Waals surface area contributed by atoms with Crippen molar-refractivity contribution in [3.63, 3.8) is 0 Å². The summed E-state index contributed by atoms with van der Waals surface area (Å²) in [4.78, 5) is 26.9. The van der Waals surface area contributed by atoms with Gasteiger partial charge in [0.25, 0.3) is 0 Å². The molecular formula is C12H12N4O2S. The standard InChI is InChI=1S/C12H12N4O2S/c1-7(17)13-12(19)15-11-14-9-5-3-4-6-10(9)16(11)8(2)18/h3-6H,1-2H3,(H2,13,14,15,17,19). The van der Waals surface area contributed by atoms with Crippen LogP contribution in [-0.2, 0) is 4.79 Å². The number of nitrogens with zero attached hydrogens (tertiary/aromatic N) is 2. The number of hydrogen-bond acceptors (Lipinski definition) is 4. The summed E-state index contributed by atoms with van der Waals surface area (Å²) in [7, 11) is 0. The molecule has 0 unspecified atom stereocenters. The number of para-hydroxylation sites is 2. The van der Waals surface area contributed by atoms with Gasteiger partial charge in [-0.1, -0.05) is 12.1 Å². The number of amides is 1. The summed E-state index contributed by atoms with van der Waals surface area (Å²) in [5, 5.41) is 5.26. The monoisotopic (exact) mass is 276 g/mol. The zero-order chi connectivity index (χ0) is 14.0. The van der Waals surface area contributed by atoms with E-state index in [-0.39, 0.29) is 22.9 Å². The summed E-state index contributed by atoms with van der Waals surface area (Å²) >= 11 is 4.96. The second-order valence-electron chi connectivity index (χ2n) is 3.91. The van der Waals surface area contributed by atoms with Crippen LogP contribution in [0, 0.1) is 0 Å². The van der Waals surface area contributed by atoms with Gasteiger partial charge < -0.3 is 10.6 Å². The topological polar surface area (TPSA) is 76.0 Å². The fourth-order valence-electron chi connectivity index (χ4n) is 1.72. The Kier molecular flexibility index (Phi) is 3.57. The zero-order valence-corrected chi connectivity index (χ0v) is 11.2. The van der Waals surface area contributed by atoms with E-state index in [2.05, 4.69) is 15.6 Å². The maximum Gasteiger partial charge on any atom is 0.230 e. The molecule has 1 amide bonds. The molecule has 1 aromatic carbocycles. The van der Waals surface area contributed by atoms with E-state index in [1.54, 1.807) is 12.1 Å². The van der Waals surface area contributed by atoms with E-state index in [0.29, 0.717) is 11.0 Å². The number of imidazole rings is 1. The Labute approximate surface area is 114 Å². The van der Waals surface area contributed by atoms with E-state index >= 15 is 0 Å². The second-order valence-corrected chi connectivity index (χ2v) is 4.32. The van der Waals surface area contributed by atoms with Gasteiger partial charge in [-0.3, -0.25) is 9.59 Å². The van der Waals surface area contributed by atoms with Gasteiger partial charge in [-0.2, -0.15) is 0 Å². The number of carbonyl (C=O) groups is 2. The van der Waals surface area contributed by atoms with Crippen LogP contribution in [0.4, 0.5) is 5.95 Å². The number of thiocarbonyl (C=S) groups is 1. The average molecular weight is 276 g/mol. The molecule has 0 aliphatic carbocycles. The third-order valence-electron chi connectivity index (χ3n) is 2.39. The third kappa shape index (κ3) is 2.76. The van der Waals surface area contributed by atoms with Crippen LogP contribution in [0.25, 0.3) is 11.0 Å². The minimum Gasteiger partial charge on any atom is -0.303 e. The van der Waals surface area contributed by atoms with Crippen LogP contribution < -0.4 is 10.6 Å². The highest BCUT2D eigenvalue weighted by Gasteiger charge is 2.14. The summed E-state index contributed by atoms with van der Waals surface area (Å²) in [5.74, 6) is -0.197. The van der Waals surface area contributed by atoms with Crippen LogP contribution >= 0.6 is 12.2 Å². The van der Waals surface area contributed by atoms with E-state index in [0.717, 1.165) is 0 Å². The lowest BCUT2D eigenvalue weighted by molar-refractivity contribution is -0.117. The highest BCUT2D eigenvalue weighted by atomic mass is 32.1. The van der Waals surface area contributed by atoms with Gasteiger partial charge in [-0.15, -0.1) is 0 Å². The van der Waals surface area contributed by atoms with Crippen molar-refractivity contribution in [2.45, 2.75) is 13.8 Å². The van der Waals surface area contributed by atoms with Crippen LogP contribution in [0.3, 0.4) is 0 Å². The minimum atomic E-state index is -0.289. The van der Waals surface area contributed by atoms with Crippen molar-refractivity contribution in [1.82, 2.24) is 14.9 Å². The van der Waals surface area contributed by atoms with Gasteiger partial charge in [0.2, 0.25) is 17.8 Å². The summed E-state index contributed by atoms with van der Waals surface area (Å²) in [6, 6.07) is 7.23. The predicted octanol–water partition coefficient (Wildman–Crippen LogP) is 1.53. The molecule has 0 atom stereocenters. The first kappa shape index (κ1) is 13.2. The first-order valence-electron chi connectivity index (χ1n) is 5.56. The molecule has 0 fully saturated rings. The van der Waals surface area contributed by atoms with Crippen LogP contribution in [0.2, 0.25) is 0 Å². The van der Waals surface area contributed by atoms with Crippen molar-refractivity contribution in [2.75, 3.05) is 5.32 Å². The van der Waals surface area contributed by atoms with Crippen LogP contribution in [0.5, 0.6) is 0 Å². The second kappa shape index (κ2) is 5.15. The lowest BCUT2D eigenvalue weighted by Crippen LogP contribution is -2.33. The Bertz CT molecular complexity index is 677. The quantitative estimate of drug-likeness (QED) is 0.772.